The Morgan fingerprint density at radius 1 is 0.833 bits per heavy atom. The lowest BCUT2D eigenvalue weighted by atomic mass is 10.1. The van der Waals surface area contributed by atoms with E-state index in [0.717, 1.165) is 25.0 Å². The number of thioether (sulfide) groups is 1. The smallest absolute Gasteiger partial charge is 0.407 e. The van der Waals surface area contributed by atoms with Gasteiger partial charge in [-0.25, -0.2) is 4.79 Å². The van der Waals surface area contributed by atoms with Crippen molar-refractivity contribution in [2.45, 2.75) is 97.5 Å². The number of rotatable bonds is 13. The Bertz CT molecular complexity index is 340. The molecule has 1 amide bonds. The molecule has 0 heterocycles. The maximum atomic E-state index is 11.4. The van der Waals surface area contributed by atoms with Gasteiger partial charge in [-0.3, -0.25) is 4.79 Å². The second kappa shape index (κ2) is 14.6. The van der Waals surface area contributed by atoms with Gasteiger partial charge in [-0.1, -0.05) is 63.1 Å². The van der Waals surface area contributed by atoms with Gasteiger partial charge in [-0.15, -0.1) is 0 Å². The van der Waals surface area contributed by atoms with Crippen LogP contribution < -0.4 is 5.32 Å². The molecule has 0 saturated carbocycles. The average Bonchev–Trinajstić information content (AvgIpc) is 2.45. The molecule has 142 valence electrons. The molecule has 0 fully saturated rings. The fraction of sp³-hybridized carbons (Fsp3) is 0.895. The van der Waals surface area contributed by atoms with E-state index in [1.807, 2.05) is 20.8 Å². The first-order valence-corrected chi connectivity index (χ1v) is 10.4. The van der Waals surface area contributed by atoms with Crippen LogP contribution in [0.25, 0.3) is 0 Å². The van der Waals surface area contributed by atoms with Crippen LogP contribution in [0.5, 0.6) is 0 Å². The summed E-state index contributed by atoms with van der Waals surface area (Å²) in [4.78, 5) is 22.2. The number of unbranched alkanes of at least 4 members (excludes halogenated alkanes) is 9. The van der Waals surface area contributed by atoms with E-state index in [0.29, 0.717) is 6.54 Å². The lowest BCUT2D eigenvalue weighted by Crippen LogP contribution is -2.32. The summed E-state index contributed by atoms with van der Waals surface area (Å²) >= 11 is 1.44. The third-order valence-electron chi connectivity index (χ3n) is 3.54. The first-order valence-electron chi connectivity index (χ1n) is 9.41. The van der Waals surface area contributed by atoms with Gasteiger partial charge in [-0.05, 0) is 33.6 Å². The second-order valence-electron chi connectivity index (χ2n) is 7.30. The van der Waals surface area contributed by atoms with E-state index in [-0.39, 0.29) is 11.2 Å². The molecule has 0 rings (SSSR count). The minimum Gasteiger partial charge on any atom is -0.444 e. The first-order chi connectivity index (χ1) is 11.3. The molecule has 0 bridgehead atoms. The number of hydrogen-bond acceptors (Lipinski definition) is 4. The molecular weight excluding hydrogens is 322 g/mol. The minimum atomic E-state index is -0.420. The number of nitrogens with one attached hydrogen (secondary N) is 1. The molecule has 0 aliphatic carbocycles. The Morgan fingerprint density at radius 3 is 1.75 bits per heavy atom. The normalized spacial score (nSPS) is 11.3. The van der Waals surface area contributed by atoms with Crippen molar-refractivity contribution in [3.63, 3.8) is 0 Å². The number of alkyl carbamates (subject to hydrolysis) is 1. The predicted molar refractivity (Wildman–Crippen MR) is 104 cm³/mol. The Balaban J connectivity index is 3.18. The zero-order chi connectivity index (χ0) is 18.3. The molecule has 0 atom stereocenters. The van der Waals surface area contributed by atoms with Gasteiger partial charge in [0.05, 0.1) is 0 Å². The predicted octanol–water partition coefficient (Wildman–Crippen LogP) is 5.69. The highest BCUT2D eigenvalue weighted by Gasteiger charge is 2.15. The summed E-state index contributed by atoms with van der Waals surface area (Å²) in [5.74, 6) is 0.979. The largest absolute Gasteiger partial charge is 0.444 e. The molecule has 0 saturated heterocycles. The zero-order valence-electron chi connectivity index (χ0n) is 16.1. The van der Waals surface area contributed by atoms with Gasteiger partial charge in [0, 0.05) is 19.2 Å². The summed E-state index contributed by atoms with van der Waals surface area (Å²) in [6.45, 7) is 7.96. The van der Waals surface area contributed by atoms with Crippen molar-refractivity contribution in [3.8, 4) is 0 Å². The molecule has 0 aromatic heterocycles. The van der Waals surface area contributed by atoms with E-state index in [2.05, 4.69) is 5.32 Å². The second-order valence-corrected chi connectivity index (χ2v) is 8.58. The van der Waals surface area contributed by atoms with E-state index in [9.17, 15) is 9.59 Å². The molecule has 0 aliphatic heterocycles. The van der Waals surface area contributed by atoms with E-state index < -0.39 is 5.60 Å². The third-order valence-corrected chi connectivity index (χ3v) is 4.44. The lowest BCUT2D eigenvalue weighted by molar-refractivity contribution is -0.109. The van der Waals surface area contributed by atoms with Crippen molar-refractivity contribution in [2.24, 2.45) is 0 Å². The molecule has 0 aliphatic rings. The Morgan fingerprint density at radius 2 is 1.29 bits per heavy atom. The van der Waals surface area contributed by atoms with Crippen LogP contribution in [0.2, 0.25) is 0 Å². The maximum Gasteiger partial charge on any atom is 0.407 e. The number of ether oxygens (including phenoxy) is 1. The SMILES string of the molecule is CC(=O)SCCCCCCCCCCCCNC(=O)OC(C)(C)C. The summed E-state index contributed by atoms with van der Waals surface area (Å²) in [7, 11) is 0. The van der Waals surface area contributed by atoms with Crippen LogP contribution in [-0.4, -0.2) is 29.1 Å². The number of carbonyl (C=O) groups is 2. The lowest BCUT2D eigenvalue weighted by Gasteiger charge is -2.19. The zero-order valence-corrected chi connectivity index (χ0v) is 16.9. The van der Waals surface area contributed by atoms with Gasteiger partial charge in [0.1, 0.15) is 5.60 Å². The quantitative estimate of drug-likeness (QED) is 0.429. The maximum absolute atomic E-state index is 11.4. The molecule has 1 N–H and O–H groups in total. The van der Waals surface area contributed by atoms with Gasteiger partial charge in [-0.2, -0.15) is 0 Å². The van der Waals surface area contributed by atoms with Crippen LogP contribution in [0, 0.1) is 0 Å². The van der Waals surface area contributed by atoms with Gasteiger partial charge < -0.3 is 10.1 Å². The van der Waals surface area contributed by atoms with E-state index in [1.54, 1.807) is 6.92 Å². The average molecular weight is 360 g/mol. The molecular formula is C19H37NO3S. The highest BCUT2D eigenvalue weighted by Crippen LogP contribution is 2.12. The van der Waals surface area contributed by atoms with Crippen molar-refractivity contribution in [2.75, 3.05) is 12.3 Å². The number of hydrogen-bond donors (Lipinski definition) is 1. The van der Waals surface area contributed by atoms with Crippen molar-refractivity contribution in [1.29, 1.82) is 0 Å². The molecule has 4 nitrogen and oxygen atoms in total. The molecule has 0 unspecified atom stereocenters. The summed E-state index contributed by atoms with van der Waals surface area (Å²) in [5.41, 5.74) is -0.420. The Kier molecular flexibility index (Phi) is 14.2. The van der Waals surface area contributed by atoms with E-state index in [4.69, 9.17) is 4.74 Å². The molecule has 0 aromatic carbocycles. The van der Waals surface area contributed by atoms with E-state index >= 15 is 0 Å². The van der Waals surface area contributed by atoms with Crippen molar-refractivity contribution in [1.82, 2.24) is 5.32 Å². The van der Waals surface area contributed by atoms with Crippen molar-refractivity contribution in [3.05, 3.63) is 0 Å². The van der Waals surface area contributed by atoms with Crippen molar-refractivity contribution < 1.29 is 14.3 Å². The monoisotopic (exact) mass is 359 g/mol. The van der Waals surface area contributed by atoms with Crippen LogP contribution >= 0.6 is 11.8 Å². The standard InChI is InChI=1S/C19H37NO3S/c1-17(21)24-16-14-12-10-8-6-5-7-9-11-13-15-20-18(22)23-19(2,3)4/h5-16H2,1-4H3,(H,20,22). The van der Waals surface area contributed by atoms with Crippen LogP contribution in [0.4, 0.5) is 4.79 Å². The molecule has 0 radical (unpaired) electrons. The van der Waals surface area contributed by atoms with Crippen LogP contribution in [0.1, 0.15) is 91.9 Å². The molecule has 24 heavy (non-hydrogen) atoms. The van der Waals surface area contributed by atoms with Crippen molar-refractivity contribution >= 4 is 23.0 Å². The summed E-state index contributed by atoms with van der Waals surface area (Å²) in [6, 6.07) is 0. The Labute approximate surface area is 152 Å². The fourth-order valence-corrected chi connectivity index (χ4v) is 3.00. The topological polar surface area (TPSA) is 55.4 Å². The fourth-order valence-electron chi connectivity index (χ4n) is 2.36. The van der Waals surface area contributed by atoms with Gasteiger partial charge in [0.25, 0.3) is 0 Å². The number of carbonyl (C=O) groups excluding carboxylic acids is 2. The van der Waals surface area contributed by atoms with Crippen LogP contribution in [0.3, 0.4) is 0 Å². The van der Waals surface area contributed by atoms with Crippen LogP contribution in [0.15, 0.2) is 0 Å². The van der Waals surface area contributed by atoms with Crippen LogP contribution in [-0.2, 0) is 9.53 Å². The molecule has 0 spiro atoms. The summed E-state index contributed by atoms with van der Waals surface area (Å²) in [5, 5.41) is 3.03. The molecule has 0 aromatic rings. The minimum absolute atomic E-state index is 0.233. The van der Waals surface area contributed by atoms with Gasteiger partial charge in [0.15, 0.2) is 5.12 Å². The highest BCUT2D eigenvalue weighted by molar-refractivity contribution is 8.13. The van der Waals surface area contributed by atoms with Gasteiger partial charge in [0.2, 0.25) is 0 Å². The Hall–Kier alpha value is -0.710. The first kappa shape index (κ1) is 23.3. The third kappa shape index (κ3) is 19.3. The highest BCUT2D eigenvalue weighted by atomic mass is 32.2. The molecule has 5 heteroatoms. The summed E-state index contributed by atoms with van der Waals surface area (Å²) < 4.78 is 5.19. The summed E-state index contributed by atoms with van der Waals surface area (Å²) in [6.07, 6.45) is 12.0. The van der Waals surface area contributed by atoms with Gasteiger partial charge >= 0.3 is 6.09 Å². The van der Waals surface area contributed by atoms with E-state index in [1.165, 1.54) is 56.7 Å². The number of amides is 1.